The van der Waals surface area contributed by atoms with Crippen LogP contribution in [-0.4, -0.2) is 50.1 Å². The average molecular weight is 463 g/mol. The van der Waals surface area contributed by atoms with Gasteiger partial charge in [-0.2, -0.15) is 0 Å². The number of carbonyl (C=O) groups is 3. The summed E-state index contributed by atoms with van der Waals surface area (Å²) in [7, 11) is 0. The van der Waals surface area contributed by atoms with Crippen LogP contribution in [0.25, 0.3) is 0 Å². The molecule has 2 amide bonds. The van der Waals surface area contributed by atoms with Gasteiger partial charge in [-0.25, -0.2) is 0 Å². The number of thioether (sulfide) groups is 1. The Morgan fingerprint density at radius 2 is 1.56 bits per heavy atom. The summed E-state index contributed by atoms with van der Waals surface area (Å²) in [6.07, 6.45) is -1.59. The minimum atomic E-state index is -1.59. The van der Waals surface area contributed by atoms with Crippen LogP contribution in [0.3, 0.4) is 0 Å². The van der Waals surface area contributed by atoms with E-state index in [1.165, 1.54) is 16.7 Å². The first kappa shape index (κ1) is 24.8. The van der Waals surface area contributed by atoms with Gasteiger partial charge in [0.15, 0.2) is 0 Å². The molecule has 0 aromatic heterocycles. The fraction of sp³-hybridized carbons (Fsp3) is 0.348. The number of nitrogens with one attached hydrogen (secondary N) is 1. The number of rotatable bonds is 6. The maximum Gasteiger partial charge on any atom is 1.00 e. The maximum absolute atomic E-state index is 13.0. The fourth-order valence-corrected chi connectivity index (χ4v) is 6.07. The zero-order chi connectivity index (χ0) is 22.3. The van der Waals surface area contributed by atoms with Crippen molar-refractivity contribution in [2.45, 2.75) is 42.2 Å². The van der Waals surface area contributed by atoms with Crippen LogP contribution >= 0.6 is 11.8 Å². The smallest absolute Gasteiger partial charge is 0.548 e. The predicted octanol–water partition coefficient (Wildman–Crippen LogP) is -2.31. The van der Waals surface area contributed by atoms with Crippen LogP contribution < -0.4 is 40.0 Å². The number of carbonyl (C=O) groups excluding carboxylic acids is 3. The van der Waals surface area contributed by atoms with E-state index < -0.39 is 52.0 Å². The molecule has 0 radical (unpaired) electrons. The number of fused-ring (bicyclic) bond motifs is 1. The Hall–Kier alpha value is -1.84. The molecule has 2 heterocycles. The van der Waals surface area contributed by atoms with Gasteiger partial charge in [-0.3, -0.25) is 9.59 Å². The van der Waals surface area contributed by atoms with Crippen LogP contribution in [0.15, 0.2) is 60.7 Å². The van der Waals surface area contributed by atoms with Gasteiger partial charge in [0.1, 0.15) is 12.0 Å². The van der Waals surface area contributed by atoms with Crippen LogP contribution in [0.1, 0.15) is 31.0 Å². The Kier molecular flexibility index (Phi) is 7.41. The van der Waals surface area contributed by atoms with E-state index in [4.69, 9.17) is 0 Å². The molecule has 32 heavy (non-hydrogen) atoms. The standard InChI is InChI=1S/C23H24N2O5S.Na/c1-23(2)18(22(29)30)25-20(28)15(21(25)31-23)17(26)19(27)24-16(13-9-5-3-6-10-13)14-11-7-4-8-12-14;/h3-12,15-18,21,26H,1-2H3,(H,24,27)(H,29,30);/q;+1/p-1/t15-,17+,18+,21-;/m1./s1. The molecule has 2 aliphatic heterocycles. The van der Waals surface area contributed by atoms with Gasteiger partial charge in [-0.15, -0.1) is 11.8 Å². The number of aliphatic hydroxyl groups is 1. The maximum atomic E-state index is 13.0. The molecular weight excluding hydrogens is 439 g/mol. The number of hydrogen-bond acceptors (Lipinski definition) is 6. The molecule has 162 valence electrons. The third kappa shape index (κ3) is 4.34. The molecule has 0 spiro atoms. The second-order valence-corrected chi connectivity index (χ2v) is 10.1. The van der Waals surface area contributed by atoms with E-state index >= 15 is 0 Å². The van der Waals surface area contributed by atoms with Crippen molar-refractivity contribution in [2.24, 2.45) is 5.92 Å². The van der Waals surface area contributed by atoms with Crippen LogP contribution in [0, 0.1) is 5.92 Å². The molecule has 0 aliphatic carbocycles. The van der Waals surface area contributed by atoms with Gasteiger partial charge in [0.05, 0.1) is 23.4 Å². The van der Waals surface area contributed by atoms with Crippen molar-refractivity contribution in [2.75, 3.05) is 0 Å². The summed E-state index contributed by atoms with van der Waals surface area (Å²) in [5.74, 6) is -3.55. The van der Waals surface area contributed by atoms with E-state index in [0.29, 0.717) is 0 Å². The predicted molar refractivity (Wildman–Crippen MR) is 113 cm³/mol. The Labute approximate surface area is 212 Å². The normalized spacial score (nSPS) is 24.2. The van der Waals surface area contributed by atoms with Crippen molar-refractivity contribution < 1.29 is 54.2 Å². The number of benzene rings is 2. The molecule has 2 aromatic rings. The summed E-state index contributed by atoms with van der Waals surface area (Å²) >= 11 is 1.27. The molecule has 2 saturated heterocycles. The van der Waals surface area contributed by atoms with E-state index in [-0.39, 0.29) is 29.6 Å². The Bertz CT molecular complexity index is 964. The number of amides is 2. The van der Waals surface area contributed by atoms with E-state index in [9.17, 15) is 24.6 Å². The van der Waals surface area contributed by atoms with E-state index in [1.54, 1.807) is 13.8 Å². The zero-order valence-electron chi connectivity index (χ0n) is 18.1. The summed E-state index contributed by atoms with van der Waals surface area (Å²) in [5, 5.41) is 24.6. The molecule has 2 aliphatic rings. The Balaban J connectivity index is 0.00000289. The molecule has 2 fully saturated rings. The SMILES string of the molecule is CC1(C)S[C@@H]2[C@H]([C@H](O)C(=O)NC(c3ccccc3)c3ccccc3)C(=O)N2[C@H]1C(=O)[O-].[Na+]. The molecule has 2 N–H and O–H groups in total. The minimum absolute atomic E-state index is 0. The first-order valence-corrected chi connectivity index (χ1v) is 10.9. The number of nitrogens with zero attached hydrogens (tertiary/aromatic N) is 1. The summed E-state index contributed by atoms with van der Waals surface area (Å²) in [4.78, 5) is 38.5. The fourth-order valence-electron chi connectivity index (χ4n) is 4.35. The largest absolute Gasteiger partial charge is 1.00 e. The number of carboxylic acid groups (broad SMARTS) is 1. The second kappa shape index (κ2) is 9.57. The molecule has 4 atom stereocenters. The van der Waals surface area contributed by atoms with Gasteiger partial charge in [-0.1, -0.05) is 60.7 Å². The number of aliphatic hydroxyl groups excluding tert-OH is 1. The summed E-state index contributed by atoms with van der Waals surface area (Å²) in [6.45, 7) is 3.43. The van der Waals surface area contributed by atoms with Crippen molar-refractivity contribution >= 4 is 29.5 Å². The quantitative estimate of drug-likeness (QED) is 0.369. The van der Waals surface area contributed by atoms with Crippen LogP contribution in [0.2, 0.25) is 0 Å². The molecular formula is C23H23N2NaO5S. The van der Waals surface area contributed by atoms with Gasteiger partial charge in [0.25, 0.3) is 5.91 Å². The first-order valence-electron chi connectivity index (χ1n) is 10.0. The zero-order valence-corrected chi connectivity index (χ0v) is 20.9. The van der Waals surface area contributed by atoms with Gasteiger partial charge in [0, 0.05) is 4.75 Å². The van der Waals surface area contributed by atoms with Gasteiger partial charge < -0.3 is 25.2 Å². The third-order valence-corrected chi connectivity index (χ3v) is 7.46. The number of hydrogen-bond donors (Lipinski definition) is 2. The van der Waals surface area contributed by atoms with E-state index in [0.717, 1.165) is 11.1 Å². The number of aliphatic carboxylic acids is 1. The van der Waals surface area contributed by atoms with Crippen molar-refractivity contribution in [3.8, 4) is 0 Å². The van der Waals surface area contributed by atoms with Gasteiger partial charge in [-0.05, 0) is 25.0 Å². The van der Waals surface area contributed by atoms with Crippen LogP contribution in [0.4, 0.5) is 0 Å². The summed E-state index contributed by atoms with van der Waals surface area (Å²) in [5.41, 5.74) is 1.67. The molecule has 0 bridgehead atoms. The van der Waals surface area contributed by atoms with Crippen molar-refractivity contribution in [3.05, 3.63) is 71.8 Å². The Morgan fingerprint density at radius 3 is 2.03 bits per heavy atom. The minimum Gasteiger partial charge on any atom is -0.548 e. The number of β-lactam (4-membered cyclic amide) rings is 1. The van der Waals surface area contributed by atoms with Crippen molar-refractivity contribution in [3.63, 3.8) is 0 Å². The molecule has 2 aromatic carbocycles. The second-order valence-electron chi connectivity index (χ2n) is 8.31. The van der Waals surface area contributed by atoms with E-state index in [2.05, 4.69) is 5.32 Å². The summed E-state index contributed by atoms with van der Waals surface area (Å²) in [6, 6.07) is 17.1. The third-order valence-electron chi connectivity index (χ3n) is 5.87. The monoisotopic (exact) mass is 462 g/mol. The van der Waals surface area contributed by atoms with Crippen molar-refractivity contribution in [1.29, 1.82) is 0 Å². The first-order chi connectivity index (χ1) is 14.7. The van der Waals surface area contributed by atoms with Crippen molar-refractivity contribution in [1.82, 2.24) is 10.2 Å². The van der Waals surface area contributed by atoms with Gasteiger partial charge >= 0.3 is 29.6 Å². The average Bonchev–Trinajstić information content (AvgIpc) is 3.00. The molecule has 7 nitrogen and oxygen atoms in total. The Morgan fingerprint density at radius 1 is 1.06 bits per heavy atom. The molecule has 0 saturated carbocycles. The van der Waals surface area contributed by atoms with Crippen LogP contribution in [-0.2, 0) is 14.4 Å². The molecule has 0 unspecified atom stereocenters. The van der Waals surface area contributed by atoms with Crippen LogP contribution in [0.5, 0.6) is 0 Å². The topological polar surface area (TPSA) is 110 Å². The molecule has 9 heteroatoms. The summed E-state index contributed by atoms with van der Waals surface area (Å²) < 4.78 is -0.777. The molecule has 4 rings (SSSR count). The van der Waals surface area contributed by atoms with E-state index in [1.807, 2.05) is 60.7 Å². The number of carboxylic acids is 1. The van der Waals surface area contributed by atoms with Gasteiger partial charge in [0.2, 0.25) is 5.91 Å².